The predicted octanol–water partition coefficient (Wildman–Crippen LogP) is 9.05. The van der Waals surface area contributed by atoms with Gasteiger partial charge in [-0.25, -0.2) is 9.24 Å². The van der Waals surface area contributed by atoms with Gasteiger partial charge in [-0.2, -0.15) is 5.26 Å². The lowest BCUT2D eigenvalue weighted by atomic mass is 10.0. The summed E-state index contributed by atoms with van der Waals surface area (Å²) in [6.45, 7) is 7.41. The van der Waals surface area contributed by atoms with Crippen LogP contribution in [0.15, 0.2) is 121 Å². The number of hydrogen-bond donors (Lipinski definition) is 0. The van der Waals surface area contributed by atoms with Gasteiger partial charge in [-0.15, -0.1) is 0 Å². The topological polar surface area (TPSA) is 31.4 Å². The second-order valence-electron chi connectivity index (χ2n) is 8.21. The largest absolute Gasteiger partial charge is 0.312 e. The Balaban J connectivity index is 1.62. The maximum atomic E-state index is 14.5. The van der Waals surface area contributed by atoms with E-state index in [0.717, 1.165) is 33.6 Å². The van der Waals surface area contributed by atoms with Crippen molar-refractivity contribution in [1.82, 2.24) is 0 Å². The van der Waals surface area contributed by atoms with Crippen molar-refractivity contribution in [1.29, 1.82) is 5.26 Å². The smallest absolute Gasteiger partial charge is 0.225 e. The number of benzene rings is 5. The Morgan fingerprint density at radius 3 is 1.47 bits per heavy atom. The lowest BCUT2D eigenvalue weighted by Crippen LogP contribution is -2.10. The average Bonchev–Trinajstić information content (AvgIpc) is 2.95. The highest BCUT2D eigenvalue weighted by Gasteiger charge is 2.18. The van der Waals surface area contributed by atoms with Crippen molar-refractivity contribution in [3.8, 4) is 28.3 Å². The van der Waals surface area contributed by atoms with E-state index in [9.17, 15) is 9.65 Å². The summed E-state index contributed by atoms with van der Waals surface area (Å²) in [5.74, 6) is -0.796. The molecular formula is C32H20FN3. The van der Waals surface area contributed by atoms with Crippen molar-refractivity contribution in [2.45, 2.75) is 0 Å². The molecule has 0 saturated carbocycles. The molecule has 170 valence electrons. The minimum absolute atomic E-state index is 0.162. The van der Waals surface area contributed by atoms with Crippen LogP contribution in [-0.2, 0) is 0 Å². The first kappa shape index (κ1) is 22.6. The Morgan fingerprint density at radius 2 is 1.06 bits per heavy atom. The molecule has 0 aromatic heterocycles. The van der Waals surface area contributed by atoms with Crippen molar-refractivity contribution in [2.24, 2.45) is 0 Å². The highest BCUT2D eigenvalue weighted by molar-refractivity contribution is 5.82. The monoisotopic (exact) mass is 465 g/mol. The Hall–Kier alpha value is -5.19. The molecule has 0 fully saturated rings. The summed E-state index contributed by atoms with van der Waals surface area (Å²) in [7, 11) is 0. The third kappa shape index (κ3) is 4.44. The fourth-order valence-electron chi connectivity index (χ4n) is 4.20. The SMILES string of the molecule is [C-]#[N+]c1cc(N(c2ccc(-c3ccccc3)cc2)c2ccc(-c3ccccc3)cc2)cc(C#N)c1F. The van der Waals surface area contributed by atoms with Gasteiger partial charge in [0.15, 0.2) is 0 Å². The van der Waals surface area contributed by atoms with E-state index >= 15 is 0 Å². The fourth-order valence-corrected chi connectivity index (χ4v) is 4.20. The van der Waals surface area contributed by atoms with Crippen molar-refractivity contribution in [2.75, 3.05) is 4.90 Å². The second-order valence-corrected chi connectivity index (χ2v) is 8.21. The Morgan fingerprint density at radius 1 is 0.611 bits per heavy atom. The molecule has 0 spiro atoms. The fraction of sp³-hybridized carbons (Fsp3) is 0. The first-order valence-corrected chi connectivity index (χ1v) is 11.4. The molecule has 0 N–H and O–H groups in total. The van der Waals surface area contributed by atoms with Gasteiger partial charge >= 0.3 is 0 Å². The van der Waals surface area contributed by atoms with Crippen LogP contribution in [0.5, 0.6) is 0 Å². The van der Waals surface area contributed by atoms with E-state index in [1.54, 1.807) is 0 Å². The molecule has 0 amide bonds. The lowest BCUT2D eigenvalue weighted by molar-refractivity contribution is 0.630. The predicted molar refractivity (Wildman–Crippen MR) is 143 cm³/mol. The van der Waals surface area contributed by atoms with E-state index in [4.69, 9.17) is 6.57 Å². The van der Waals surface area contributed by atoms with Crippen LogP contribution in [0.25, 0.3) is 27.1 Å². The highest BCUT2D eigenvalue weighted by Crippen LogP contribution is 2.39. The molecule has 4 heteroatoms. The number of nitriles is 1. The number of rotatable bonds is 5. The van der Waals surface area contributed by atoms with Gasteiger partial charge in [-0.3, -0.25) is 0 Å². The number of halogens is 1. The molecule has 0 aliphatic rings. The van der Waals surface area contributed by atoms with Gasteiger partial charge in [0.2, 0.25) is 5.69 Å². The van der Waals surface area contributed by atoms with Crippen LogP contribution in [0.1, 0.15) is 5.56 Å². The van der Waals surface area contributed by atoms with Gasteiger partial charge in [0.05, 0.1) is 12.1 Å². The zero-order valence-electron chi connectivity index (χ0n) is 19.3. The van der Waals surface area contributed by atoms with Crippen LogP contribution >= 0.6 is 0 Å². The molecule has 0 bridgehead atoms. The number of nitrogens with zero attached hydrogens (tertiary/aromatic N) is 3. The van der Waals surface area contributed by atoms with Crippen LogP contribution < -0.4 is 4.90 Å². The lowest BCUT2D eigenvalue weighted by Gasteiger charge is -2.26. The van der Waals surface area contributed by atoms with Crippen molar-refractivity contribution in [3.63, 3.8) is 0 Å². The third-order valence-corrected chi connectivity index (χ3v) is 6.00. The van der Waals surface area contributed by atoms with Gasteiger partial charge < -0.3 is 4.90 Å². The van der Waals surface area contributed by atoms with Crippen LogP contribution in [0.2, 0.25) is 0 Å². The van der Waals surface area contributed by atoms with Gasteiger partial charge in [0.1, 0.15) is 11.9 Å². The summed E-state index contributed by atoms with van der Waals surface area (Å²) < 4.78 is 14.5. The first-order valence-electron chi connectivity index (χ1n) is 11.4. The number of hydrogen-bond acceptors (Lipinski definition) is 2. The van der Waals surface area contributed by atoms with E-state index in [1.807, 2.05) is 95.9 Å². The highest BCUT2D eigenvalue weighted by atomic mass is 19.1. The van der Waals surface area contributed by atoms with E-state index in [1.165, 1.54) is 12.1 Å². The second kappa shape index (κ2) is 9.97. The molecule has 0 saturated heterocycles. The summed E-state index contributed by atoms with van der Waals surface area (Å²) in [4.78, 5) is 5.24. The normalized spacial score (nSPS) is 10.3. The van der Waals surface area contributed by atoms with Crippen LogP contribution in [0, 0.1) is 23.7 Å². The molecule has 5 aromatic carbocycles. The average molecular weight is 466 g/mol. The standard InChI is InChI=1S/C32H20FN3/c1-35-31-21-30(20-27(22-34)32(31)33)36(28-16-12-25(13-17-28)23-8-4-2-5-9-23)29-18-14-26(15-19-29)24-10-6-3-7-11-24/h2-21H. The molecule has 5 aromatic rings. The Bertz CT molecular complexity index is 1460. The quantitative estimate of drug-likeness (QED) is 0.242. The van der Waals surface area contributed by atoms with Crippen molar-refractivity contribution < 1.29 is 4.39 Å². The number of anilines is 3. The van der Waals surface area contributed by atoms with Crippen LogP contribution in [-0.4, -0.2) is 0 Å². The molecule has 0 aliphatic carbocycles. The summed E-state index contributed by atoms with van der Waals surface area (Å²) >= 11 is 0. The van der Waals surface area contributed by atoms with Crippen LogP contribution in [0.3, 0.4) is 0 Å². The Kier molecular flexibility index (Phi) is 6.26. The molecule has 3 nitrogen and oxygen atoms in total. The minimum Gasteiger partial charge on any atom is -0.312 e. The van der Waals surface area contributed by atoms with E-state index in [-0.39, 0.29) is 11.3 Å². The van der Waals surface area contributed by atoms with Gasteiger partial charge in [-0.1, -0.05) is 84.9 Å². The molecule has 5 rings (SSSR count). The molecule has 0 heterocycles. The molecule has 0 unspecified atom stereocenters. The molecule has 0 atom stereocenters. The maximum Gasteiger partial charge on any atom is 0.225 e. The van der Waals surface area contributed by atoms with Crippen molar-refractivity contribution >= 4 is 22.7 Å². The van der Waals surface area contributed by atoms with Crippen LogP contribution in [0.4, 0.5) is 27.1 Å². The Labute approximate surface area is 209 Å². The molecular weight excluding hydrogens is 445 g/mol. The van der Waals surface area contributed by atoms with E-state index in [0.29, 0.717) is 5.69 Å². The molecule has 0 aliphatic heterocycles. The summed E-state index contributed by atoms with van der Waals surface area (Å²) in [6.07, 6.45) is 0. The van der Waals surface area contributed by atoms with Gasteiger partial charge in [0, 0.05) is 17.1 Å². The summed E-state index contributed by atoms with van der Waals surface area (Å²) in [5.41, 5.74) is 6.19. The van der Waals surface area contributed by atoms with Gasteiger partial charge in [-0.05, 0) is 58.7 Å². The van der Waals surface area contributed by atoms with Gasteiger partial charge in [0.25, 0.3) is 0 Å². The molecule has 36 heavy (non-hydrogen) atoms. The van der Waals surface area contributed by atoms with Crippen molar-refractivity contribution in [3.05, 3.63) is 144 Å². The molecule has 0 radical (unpaired) electrons. The third-order valence-electron chi connectivity index (χ3n) is 6.00. The maximum absolute atomic E-state index is 14.5. The zero-order valence-corrected chi connectivity index (χ0v) is 19.3. The summed E-state index contributed by atoms with van der Waals surface area (Å²) in [5, 5.41) is 9.50. The minimum atomic E-state index is -0.796. The summed E-state index contributed by atoms with van der Waals surface area (Å²) in [6, 6.07) is 41.1. The zero-order chi connectivity index (χ0) is 24.9. The van der Waals surface area contributed by atoms with E-state index < -0.39 is 5.82 Å². The van der Waals surface area contributed by atoms with E-state index in [2.05, 4.69) is 29.1 Å². The first-order chi connectivity index (χ1) is 17.7.